The molecule has 12 nitrogen and oxygen atoms in total. The van der Waals surface area contributed by atoms with E-state index >= 15 is 0 Å². The second-order valence-corrected chi connectivity index (χ2v) is 14.8. The Morgan fingerprint density at radius 3 is 2.10 bits per heavy atom. The number of phosphoric ester groups is 1. The fraction of sp³-hybridized carbons (Fsp3) is 0.811. The number of carbonyl (C=O) groups excluding carboxylic acids is 3. The van der Waals surface area contributed by atoms with Crippen molar-refractivity contribution in [2.75, 3.05) is 13.2 Å². The van der Waals surface area contributed by atoms with Crippen LogP contribution in [0.25, 0.3) is 0 Å². The van der Waals surface area contributed by atoms with Gasteiger partial charge in [0.05, 0.1) is 24.9 Å². The van der Waals surface area contributed by atoms with E-state index < -0.39 is 69.2 Å². The van der Waals surface area contributed by atoms with Gasteiger partial charge in [0.25, 0.3) is 0 Å². The molecule has 0 bridgehead atoms. The second kappa shape index (κ2) is 27.7. The number of esters is 2. The summed E-state index contributed by atoms with van der Waals surface area (Å²) in [6.45, 7) is 3.19. The van der Waals surface area contributed by atoms with Crippen molar-refractivity contribution >= 4 is 25.5 Å². The van der Waals surface area contributed by atoms with Crippen LogP contribution >= 0.6 is 7.82 Å². The predicted octanol–water partition coefficient (Wildman–Crippen LogP) is 6.40. The number of ketones is 1. The average Bonchev–Trinajstić information content (AvgIpc) is 3.32. The highest BCUT2D eigenvalue weighted by atomic mass is 31.2. The van der Waals surface area contributed by atoms with E-state index in [-0.39, 0.29) is 37.9 Å². The number of Topliss-reactive ketones (excluding diaryl/α,β-unsaturated/α-hetero) is 1. The molecule has 0 aromatic carbocycles. The van der Waals surface area contributed by atoms with Crippen LogP contribution in [-0.2, 0) is 32.9 Å². The second-order valence-electron chi connectivity index (χ2n) is 13.5. The van der Waals surface area contributed by atoms with E-state index in [1.807, 2.05) is 0 Å². The molecule has 13 heteroatoms. The van der Waals surface area contributed by atoms with Crippen LogP contribution in [0.5, 0.6) is 0 Å². The molecule has 50 heavy (non-hydrogen) atoms. The minimum Gasteiger partial charge on any atom is -0.462 e. The molecule has 1 aliphatic rings. The maximum absolute atomic E-state index is 12.7. The van der Waals surface area contributed by atoms with Crippen molar-refractivity contribution in [2.24, 2.45) is 11.8 Å². The first-order valence-corrected chi connectivity index (χ1v) is 20.3. The van der Waals surface area contributed by atoms with Gasteiger partial charge in [0.15, 0.2) is 6.10 Å². The highest BCUT2D eigenvalue weighted by Crippen LogP contribution is 2.37. The van der Waals surface area contributed by atoms with Crippen molar-refractivity contribution in [3.8, 4) is 0 Å². The largest absolute Gasteiger partial charge is 0.469 e. The van der Waals surface area contributed by atoms with Crippen molar-refractivity contribution in [3.05, 3.63) is 24.3 Å². The molecule has 1 saturated carbocycles. The molecule has 1 aliphatic carbocycles. The van der Waals surface area contributed by atoms with Gasteiger partial charge < -0.3 is 34.6 Å². The van der Waals surface area contributed by atoms with Gasteiger partial charge in [-0.25, -0.2) is 4.57 Å². The molecular formula is C37H65O12P. The Bertz CT molecular complexity index is 1040. The molecule has 5 N–H and O–H groups in total. The Hall–Kier alpha value is -1.92. The minimum atomic E-state index is -4.85. The zero-order valence-electron chi connectivity index (χ0n) is 30.4. The van der Waals surface area contributed by atoms with Gasteiger partial charge in [-0.1, -0.05) is 89.5 Å². The van der Waals surface area contributed by atoms with Crippen molar-refractivity contribution in [1.29, 1.82) is 0 Å². The SMILES string of the molecule is CCCC/C=C\CCCCCCCC(=O)OC[C@H](COP(=O)(O)O)OC(=O)CCCCC(=O)C[C@@H]1[C@@H](/C=C/[C@@H](O)CCCCC)[C@H](O)C[C@@H]1O. The smallest absolute Gasteiger partial charge is 0.462 e. The van der Waals surface area contributed by atoms with Crippen LogP contribution in [0.2, 0.25) is 0 Å². The van der Waals surface area contributed by atoms with Gasteiger partial charge in [0.1, 0.15) is 12.4 Å². The summed E-state index contributed by atoms with van der Waals surface area (Å²) >= 11 is 0. The molecule has 0 spiro atoms. The fourth-order valence-corrected chi connectivity index (χ4v) is 6.36. The molecular weight excluding hydrogens is 667 g/mol. The molecule has 1 fully saturated rings. The summed E-state index contributed by atoms with van der Waals surface area (Å²) in [6, 6.07) is 0. The third-order valence-electron chi connectivity index (χ3n) is 8.92. The Balaban J connectivity index is 2.40. The van der Waals surface area contributed by atoms with Crippen molar-refractivity contribution in [3.63, 3.8) is 0 Å². The molecule has 0 saturated heterocycles. The Morgan fingerprint density at radius 1 is 0.780 bits per heavy atom. The van der Waals surface area contributed by atoms with E-state index in [4.69, 9.17) is 19.3 Å². The monoisotopic (exact) mass is 732 g/mol. The van der Waals surface area contributed by atoms with Crippen LogP contribution in [0.15, 0.2) is 24.3 Å². The lowest BCUT2D eigenvalue weighted by Gasteiger charge is -2.20. The number of phosphoric acid groups is 1. The molecule has 0 heterocycles. The van der Waals surface area contributed by atoms with Crippen LogP contribution in [0.4, 0.5) is 0 Å². The van der Waals surface area contributed by atoms with Crippen molar-refractivity contribution in [2.45, 2.75) is 167 Å². The fourth-order valence-electron chi connectivity index (χ4n) is 6.00. The van der Waals surface area contributed by atoms with Gasteiger partial charge in [-0.15, -0.1) is 0 Å². The maximum atomic E-state index is 12.7. The summed E-state index contributed by atoms with van der Waals surface area (Å²) in [7, 11) is -4.85. The molecule has 0 aromatic rings. The molecule has 0 amide bonds. The molecule has 0 radical (unpaired) electrons. The topological polar surface area (TPSA) is 197 Å². The number of aliphatic hydroxyl groups is 3. The maximum Gasteiger partial charge on any atom is 0.469 e. The van der Waals surface area contributed by atoms with E-state index in [1.54, 1.807) is 12.2 Å². The third kappa shape index (κ3) is 23.5. The highest BCUT2D eigenvalue weighted by Gasteiger charge is 2.41. The van der Waals surface area contributed by atoms with E-state index in [0.29, 0.717) is 25.7 Å². The molecule has 290 valence electrons. The predicted molar refractivity (Wildman–Crippen MR) is 191 cm³/mol. The standard InChI is InChI=1S/C37H65O12P/c1-3-5-7-8-9-10-11-12-13-14-16-21-36(42)47-27-31(28-48-50(44,45)46)49-37(43)22-18-17-20-30(39)25-33-32(34(40)26-35(33)41)24-23-29(38)19-15-6-4-2/h8-9,23-24,29,31-35,38,40-41H,3-7,10-22,25-28H2,1-2H3,(H2,44,45,46)/b9-8-,24-23+/t29-,31+,32+,33+,34+,35-/m0/s1. The first-order chi connectivity index (χ1) is 23.9. The number of unbranched alkanes of at least 4 members (excludes halogenated alkanes) is 10. The van der Waals surface area contributed by atoms with Gasteiger partial charge >= 0.3 is 19.8 Å². The molecule has 0 unspecified atom stereocenters. The summed E-state index contributed by atoms with van der Waals surface area (Å²) in [6.07, 6.45) is 18.3. The van der Waals surface area contributed by atoms with Gasteiger partial charge in [-0.2, -0.15) is 0 Å². The number of hydrogen-bond acceptors (Lipinski definition) is 10. The zero-order chi connectivity index (χ0) is 37.2. The summed E-state index contributed by atoms with van der Waals surface area (Å²) in [5.74, 6) is -2.21. The van der Waals surface area contributed by atoms with Gasteiger partial charge in [-0.3, -0.25) is 18.9 Å². The van der Waals surface area contributed by atoms with Crippen LogP contribution in [0.1, 0.15) is 142 Å². The molecule has 0 aliphatic heterocycles. The summed E-state index contributed by atoms with van der Waals surface area (Å²) in [4.78, 5) is 55.6. The Labute approximate surface area is 299 Å². The first kappa shape index (κ1) is 46.1. The summed E-state index contributed by atoms with van der Waals surface area (Å²) < 4.78 is 26.2. The lowest BCUT2D eigenvalue weighted by Crippen LogP contribution is -2.29. The summed E-state index contributed by atoms with van der Waals surface area (Å²) in [5.41, 5.74) is 0. The van der Waals surface area contributed by atoms with Gasteiger partial charge in [0.2, 0.25) is 0 Å². The normalized spacial score (nSPS) is 20.8. The third-order valence-corrected chi connectivity index (χ3v) is 9.41. The van der Waals surface area contributed by atoms with Crippen LogP contribution < -0.4 is 0 Å². The zero-order valence-corrected chi connectivity index (χ0v) is 31.3. The number of aliphatic hydroxyl groups excluding tert-OH is 3. The number of hydrogen-bond donors (Lipinski definition) is 5. The van der Waals surface area contributed by atoms with E-state index in [1.165, 1.54) is 12.8 Å². The number of carbonyl (C=O) groups is 3. The quantitative estimate of drug-likeness (QED) is 0.0236. The van der Waals surface area contributed by atoms with Crippen LogP contribution in [0, 0.1) is 11.8 Å². The van der Waals surface area contributed by atoms with Crippen LogP contribution in [-0.4, -0.2) is 80.5 Å². The average molecular weight is 733 g/mol. The van der Waals surface area contributed by atoms with Crippen LogP contribution in [0.3, 0.4) is 0 Å². The van der Waals surface area contributed by atoms with Gasteiger partial charge in [0, 0.05) is 43.9 Å². The van der Waals surface area contributed by atoms with E-state index in [2.05, 4.69) is 30.5 Å². The Kier molecular flexibility index (Phi) is 25.5. The molecule has 6 atom stereocenters. The van der Waals surface area contributed by atoms with Crippen molar-refractivity contribution < 1.29 is 58.1 Å². The van der Waals surface area contributed by atoms with E-state index in [0.717, 1.165) is 57.8 Å². The molecule has 1 rings (SSSR count). The highest BCUT2D eigenvalue weighted by molar-refractivity contribution is 7.46. The molecule has 0 aromatic heterocycles. The number of ether oxygens (including phenoxy) is 2. The number of allylic oxidation sites excluding steroid dienone is 2. The summed E-state index contributed by atoms with van der Waals surface area (Å²) in [5, 5.41) is 31.1. The first-order valence-electron chi connectivity index (χ1n) is 18.8. The number of rotatable bonds is 30. The van der Waals surface area contributed by atoms with Crippen molar-refractivity contribution in [1.82, 2.24) is 0 Å². The minimum absolute atomic E-state index is 0.0631. The lowest BCUT2D eigenvalue weighted by molar-refractivity contribution is -0.161. The van der Waals surface area contributed by atoms with E-state index in [9.17, 15) is 34.3 Å². The lowest BCUT2D eigenvalue weighted by atomic mass is 9.87. The Morgan fingerprint density at radius 2 is 1.40 bits per heavy atom. The van der Waals surface area contributed by atoms with Gasteiger partial charge in [-0.05, 0) is 44.9 Å².